The Hall–Kier alpha value is -0.0800. The lowest BCUT2D eigenvalue weighted by Crippen LogP contribution is -2.39. The van der Waals surface area contributed by atoms with E-state index in [4.69, 9.17) is 0 Å². The van der Waals surface area contributed by atoms with Gasteiger partial charge in [-0.1, -0.05) is 19.3 Å². The van der Waals surface area contributed by atoms with Gasteiger partial charge in [0.1, 0.15) is 0 Å². The summed E-state index contributed by atoms with van der Waals surface area (Å²) in [6.45, 7) is 1.29. The van der Waals surface area contributed by atoms with Gasteiger partial charge in [-0.3, -0.25) is 0 Å². The van der Waals surface area contributed by atoms with Gasteiger partial charge >= 0.3 is 0 Å². The molecule has 0 saturated heterocycles. The van der Waals surface area contributed by atoms with Crippen LogP contribution in [-0.4, -0.2) is 35.7 Å². The lowest BCUT2D eigenvalue weighted by molar-refractivity contribution is 0.0752. The van der Waals surface area contributed by atoms with Crippen molar-refractivity contribution in [3.63, 3.8) is 0 Å². The molecule has 0 bridgehead atoms. The highest BCUT2D eigenvalue weighted by molar-refractivity contribution is 4.79. The van der Waals surface area contributed by atoms with Gasteiger partial charge in [0.15, 0.2) is 0 Å². The molecule has 0 spiro atoms. The normalized spacial score (nSPS) is 33.2. The van der Waals surface area contributed by atoms with E-state index in [1.807, 2.05) is 0 Å². The van der Waals surface area contributed by atoms with E-state index >= 15 is 0 Å². The first-order valence-electron chi connectivity index (χ1n) is 7.14. The lowest BCUT2D eigenvalue weighted by atomic mass is 9.87. The third-order valence-corrected chi connectivity index (χ3v) is 4.56. The van der Waals surface area contributed by atoms with E-state index in [-0.39, 0.29) is 6.10 Å². The van der Waals surface area contributed by atoms with E-state index in [1.165, 1.54) is 51.5 Å². The number of hydrogen-bond acceptors (Lipinski definition) is 2. The maximum Gasteiger partial charge on any atom is 0.0541 e. The van der Waals surface area contributed by atoms with E-state index in [2.05, 4.69) is 11.9 Å². The summed E-state index contributed by atoms with van der Waals surface area (Å²) < 4.78 is 0. The van der Waals surface area contributed by atoms with Gasteiger partial charge in [-0.25, -0.2) is 0 Å². The van der Waals surface area contributed by atoms with E-state index in [0.717, 1.165) is 24.8 Å². The molecule has 0 heterocycles. The number of rotatable bonds is 3. The van der Waals surface area contributed by atoms with Gasteiger partial charge in [-0.2, -0.15) is 0 Å². The summed E-state index contributed by atoms with van der Waals surface area (Å²) in [5, 5.41) is 9.51. The maximum absolute atomic E-state index is 9.51. The highest BCUT2D eigenvalue weighted by Gasteiger charge is 2.24. The van der Waals surface area contributed by atoms with Gasteiger partial charge in [0.2, 0.25) is 0 Å². The van der Waals surface area contributed by atoms with Crippen LogP contribution in [-0.2, 0) is 0 Å². The third-order valence-electron chi connectivity index (χ3n) is 4.56. The molecule has 0 amide bonds. The van der Waals surface area contributed by atoms with Crippen molar-refractivity contribution in [3.05, 3.63) is 0 Å². The largest absolute Gasteiger partial charge is 0.393 e. The first-order chi connectivity index (χ1) is 7.75. The summed E-state index contributed by atoms with van der Waals surface area (Å²) in [7, 11) is 2.29. The minimum Gasteiger partial charge on any atom is -0.393 e. The fourth-order valence-corrected chi connectivity index (χ4v) is 3.43. The Labute approximate surface area is 100 Å². The van der Waals surface area contributed by atoms with Gasteiger partial charge < -0.3 is 10.0 Å². The number of aliphatic hydroxyl groups is 1. The van der Waals surface area contributed by atoms with Gasteiger partial charge in [0.05, 0.1) is 6.10 Å². The highest BCUT2D eigenvalue weighted by Crippen LogP contribution is 2.27. The molecule has 2 nitrogen and oxygen atoms in total. The van der Waals surface area contributed by atoms with Crippen LogP contribution in [0.3, 0.4) is 0 Å². The lowest BCUT2D eigenvalue weighted by Gasteiger charge is -2.36. The smallest absolute Gasteiger partial charge is 0.0541 e. The van der Waals surface area contributed by atoms with Crippen LogP contribution < -0.4 is 0 Å². The van der Waals surface area contributed by atoms with Crippen LogP contribution in [0.4, 0.5) is 0 Å². The van der Waals surface area contributed by atoms with Gasteiger partial charge in [0, 0.05) is 12.6 Å². The monoisotopic (exact) mass is 225 g/mol. The van der Waals surface area contributed by atoms with Crippen LogP contribution in [0.2, 0.25) is 0 Å². The predicted octanol–water partition coefficient (Wildman–Crippen LogP) is 2.80. The van der Waals surface area contributed by atoms with Gasteiger partial charge in [0.25, 0.3) is 0 Å². The first kappa shape index (κ1) is 12.4. The second-order valence-corrected chi connectivity index (χ2v) is 5.91. The van der Waals surface area contributed by atoms with Crippen molar-refractivity contribution in [3.8, 4) is 0 Å². The van der Waals surface area contributed by atoms with Crippen molar-refractivity contribution in [2.75, 3.05) is 13.6 Å². The molecule has 0 radical (unpaired) electrons. The summed E-state index contributed by atoms with van der Waals surface area (Å²) >= 11 is 0. The summed E-state index contributed by atoms with van der Waals surface area (Å²) in [4.78, 5) is 2.57. The Kier molecular flexibility index (Phi) is 4.66. The van der Waals surface area contributed by atoms with E-state index in [0.29, 0.717) is 0 Å². The molecule has 2 aliphatic rings. The molecule has 16 heavy (non-hydrogen) atoms. The van der Waals surface area contributed by atoms with Crippen LogP contribution in [0.1, 0.15) is 57.8 Å². The van der Waals surface area contributed by atoms with Crippen LogP contribution in [0, 0.1) is 5.92 Å². The minimum absolute atomic E-state index is 0.0145. The number of nitrogens with zero attached hydrogens (tertiary/aromatic N) is 1. The van der Waals surface area contributed by atoms with Crippen molar-refractivity contribution in [2.24, 2.45) is 5.92 Å². The van der Waals surface area contributed by atoms with Crippen LogP contribution in [0.15, 0.2) is 0 Å². The molecule has 0 atom stereocenters. The summed E-state index contributed by atoms with van der Waals surface area (Å²) in [6, 6.07) is 0.741. The Bertz CT molecular complexity index is 193. The zero-order valence-corrected chi connectivity index (χ0v) is 10.7. The van der Waals surface area contributed by atoms with Crippen molar-refractivity contribution < 1.29 is 5.11 Å². The fourth-order valence-electron chi connectivity index (χ4n) is 3.43. The topological polar surface area (TPSA) is 23.5 Å². The molecule has 0 aromatic rings. The quantitative estimate of drug-likeness (QED) is 0.798. The molecule has 0 aromatic heterocycles. The van der Waals surface area contributed by atoms with Crippen molar-refractivity contribution >= 4 is 0 Å². The van der Waals surface area contributed by atoms with Crippen LogP contribution >= 0.6 is 0 Å². The molecule has 94 valence electrons. The SMILES string of the molecule is CN(CC1CCCCC1)C1CCC(O)CC1. The van der Waals surface area contributed by atoms with E-state index in [9.17, 15) is 5.11 Å². The molecule has 2 heteroatoms. The second-order valence-electron chi connectivity index (χ2n) is 5.91. The fraction of sp³-hybridized carbons (Fsp3) is 1.00. The Morgan fingerprint density at radius 2 is 1.56 bits per heavy atom. The van der Waals surface area contributed by atoms with Crippen molar-refractivity contribution in [2.45, 2.75) is 69.9 Å². The number of hydrogen-bond donors (Lipinski definition) is 1. The maximum atomic E-state index is 9.51. The molecule has 0 unspecified atom stereocenters. The molecular weight excluding hydrogens is 198 g/mol. The Morgan fingerprint density at radius 3 is 2.19 bits per heavy atom. The summed E-state index contributed by atoms with van der Waals surface area (Å²) in [5.41, 5.74) is 0. The highest BCUT2D eigenvalue weighted by atomic mass is 16.3. The predicted molar refractivity (Wildman–Crippen MR) is 67.5 cm³/mol. The van der Waals surface area contributed by atoms with Crippen molar-refractivity contribution in [1.82, 2.24) is 4.90 Å². The van der Waals surface area contributed by atoms with E-state index < -0.39 is 0 Å². The van der Waals surface area contributed by atoms with Crippen LogP contribution in [0.5, 0.6) is 0 Å². The summed E-state index contributed by atoms with van der Waals surface area (Å²) in [6.07, 6.45) is 11.6. The Morgan fingerprint density at radius 1 is 0.938 bits per heavy atom. The molecule has 0 aliphatic heterocycles. The molecule has 2 aliphatic carbocycles. The van der Waals surface area contributed by atoms with Crippen LogP contribution in [0.25, 0.3) is 0 Å². The minimum atomic E-state index is -0.0145. The molecular formula is C14H27NO. The Balaban J connectivity index is 1.72. The zero-order valence-electron chi connectivity index (χ0n) is 10.7. The molecule has 2 fully saturated rings. The zero-order chi connectivity index (χ0) is 11.4. The number of aliphatic hydroxyl groups excluding tert-OH is 1. The molecule has 2 rings (SSSR count). The molecule has 0 aromatic carbocycles. The average molecular weight is 225 g/mol. The molecule has 1 N–H and O–H groups in total. The van der Waals surface area contributed by atoms with Crippen molar-refractivity contribution in [1.29, 1.82) is 0 Å². The average Bonchev–Trinajstić information content (AvgIpc) is 2.31. The standard InChI is InChI=1S/C14H27NO/c1-15(11-12-5-3-2-4-6-12)13-7-9-14(16)10-8-13/h12-14,16H,2-11H2,1H3. The second kappa shape index (κ2) is 6.02. The summed E-state index contributed by atoms with van der Waals surface area (Å²) in [5.74, 6) is 0.950. The van der Waals surface area contributed by atoms with E-state index in [1.54, 1.807) is 0 Å². The van der Waals surface area contributed by atoms with Gasteiger partial charge in [-0.05, 0) is 51.5 Å². The first-order valence-corrected chi connectivity index (χ1v) is 7.14. The molecule has 2 saturated carbocycles. The van der Waals surface area contributed by atoms with Gasteiger partial charge in [-0.15, -0.1) is 0 Å². The third kappa shape index (κ3) is 3.46.